The standard InChI is InChI=1S/C31H37N5S/c1-4-5-6-7-8-11-23(3)36-21-33-28-30(32-19-18-24-16-14-22(2)15-17-24)34-29(35-31(28)36)26-20-37-27-13-10-9-12-25(26)27/h9-10,12-17,20-21,23H,4-8,11,18-19H2,1-3H3,(H,32,34,35). The van der Waals surface area contributed by atoms with Crippen LogP contribution in [0.3, 0.4) is 0 Å². The van der Waals surface area contributed by atoms with Crippen molar-refractivity contribution in [1.82, 2.24) is 19.5 Å². The Morgan fingerprint density at radius 2 is 1.78 bits per heavy atom. The zero-order valence-electron chi connectivity index (χ0n) is 22.2. The van der Waals surface area contributed by atoms with Crippen LogP contribution in [-0.2, 0) is 6.42 Å². The lowest BCUT2D eigenvalue weighted by atomic mass is 10.1. The molecule has 5 nitrogen and oxygen atoms in total. The molecule has 0 radical (unpaired) electrons. The van der Waals surface area contributed by atoms with Crippen LogP contribution in [0.1, 0.15) is 69.5 Å². The second-order valence-corrected chi connectivity index (χ2v) is 11.0. The van der Waals surface area contributed by atoms with E-state index in [4.69, 9.17) is 15.0 Å². The van der Waals surface area contributed by atoms with Gasteiger partial charge in [-0.1, -0.05) is 87.1 Å². The summed E-state index contributed by atoms with van der Waals surface area (Å²) in [5.41, 5.74) is 5.45. The Kier molecular flexibility index (Phi) is 8.15. The highest BCUT2D eigenvalue weighted by Crippen LogP contribution is 2.34. The summed E-state index contributed by atoms with van der Waals surface area (Å²) in [5, 5.41) is 6.98. The summed E-state index contributed by atoms with van der Waals surface area (Å²) in [6.45, 7) is 7.46. The summed E-state index contributed by atoms with van der Waals surface area (Å²) in [6, 6.07) is 17.6. The van der Waals surface area contributed by atoms with Crippen LogP contribution in [0.4, 0.5) is 5.82 Å². The number of fused-ring (bicyclic) bond motifs is 2. The average molecular weight is 512 g/mol. The molecule has 5 aromatic rings. The van der Waals surface area contributed by atoms with Gasteiger partial charge in [-0.05, 0) is 38.3 Å². The molecule has 37 heavy (non-hydrogen) atoms. The first-order valence-corrected chi connectivity index (χ1v) is 14.5. The van der Waals surface area contributed by atoms with Gasteiger partial charge in [-0.15, -0.1) is 11.3 Å². The number of nitrogens with one attached hydrogen (secondary N) is 1. The molecule has 1 unspecified atom stereocenters. The van der Waals surface area contributed by atoms with Crippen molar-refractivity contribution in [1.29, 1.82) is 0 Å². The van der Waals surface area contributed by atoms with Crippen molar-refractivity contribution >= 4 is 38.4 Å². The second kappa shape index (κ2) is 11.9. The normalized spacial score (nSPS) is 12.4. The number of unbranched alkanes of at least 4 members (excludes halogenated alkanes) is 4. The summed E-state index contributed by atoms with van der Waals surface area (Å²) in [6.07, 6.45) is 10.5. The van der Waals surface area contributed by atoms with Crippen LogP contribution in [0, 0.1) is 6.92 Å². The molecule has 192 valence electrons. The van der Waals surface area contributed by atoms with Crippen LogP contribution in [0.15, 0.2) is 60.2 Å². The largest absolute Gasteiger partial charge is 0.368 e. The molecule has 0 saturated heterocycles. The smallest absolute Gasteiger partial charge is 0.166 e. The number of aryl methyl sites for hydroxylation is 1. The summed E-state index contributed by atoms with van der Waals surface area (Å²) < 4.78 is 3.50. The van der Waals surface area contributed by atoms with Gasteiger partial charge in [-0.2, -0.15) is 0 Å². The number of thiophene rings is 1. The molecule has 3 aromatic heterocycles. The molecule has 0 aliphatic heterocycles. The van der Waals surface area contributed by atoms with Crippen LogP contribution in [0.2, 0.25) is 0 Å². The number of rotatable bonds is 12. The van der Waals surface area contributed by atoms with Crippen molar-refractivity contribution in [3.05, 3.63) is 71.4 Å². The Hall–Kier alpha value is -3.25. The number of anilines is 1. The van der Waals surface area contributed by atoms with Gasteiger partial charge in [0.15, 0.2) is 17.3 Å². The zero-order valence-corrected chi connectivity index (χ0v) is 23.0. The third-order valence-electron chi connectivity index (χ3n) is 7.17. The van der Waals surface area contributed by atoms with Gasteiger partial charge in [0.2, 0.25) is 0 Å². The molecule has 6 heteroatoms. The monoisotopic (exact) mass is 511 g/mol. The molecule has 5 rings (SSSR count). The van der Waals surface area contributed by atoms with Gasteiger partial charge in [-0.3, -0.25) is 0 Å². The van der Waals surface area contributed by atoms with Crippen molar-refractivity contribution in [3.63, 3.8) is 0 Å². The van der Waals surface area contributed by atoms with Gasteiger partial charge in [0.05, 0.1) is 6.33 Å². The summed E-state index contributed by atoms with van der Waals surface area (Å²) in [4.78, 5) is 14.9. The molecule has 0 saturated carbocycles. The van der Waals surface area contributed by atoms with Gasteiger partial charge < -0.3 is 9.88 Å². The number of imidazole rings is 1. The van der Waals surface area contributed by atoms with E-state index in [2.05, 4.69) is 84.6 Å². The SMILES string of the molecule is CCCCCCCC(C)n1cnc2c(NCCc3ccc(C)cc3)nc(-c3csc4ccccc34)nc21. The first-order chi connectivity index (χ1) is 18.1. The molecule has 3 heterocycles. The van der Waals surface area contributed by atoms with Gasteiger partial charge in [0.1, 0.15) is 5.52 Å². The van der Waals surface area contributed by atoms with Gasteiger partial charge in [0, 0.05) is 33.6 Å². The highest BCUT2D eigenvalue weighted by molar-refractivity contribution is 7.17. The minimum atomic E-state index is 0.342. The maximum absolute atomic E-state index is 5.10. The van der Waals surface area contributed by atoms with E-state index < -0.39 is 0 Å². The van der Waals surface area contributed by atoms with E-state index in [1.807, 2.05) is 6.33 Å². The van der Waals surface area contributed by atoms with Crippen molar-refractivity contribution < 1.29 is 0 Å². The lowest BCUT2D eigenvalue weighted by molar-refractivity contribution is 0.476. The second-order valence-electron chi connectivity index (χ2n) is 10.1. The summed E-state index contributed by atoms with van der Waals surface area (Å²) in [7, 11) is 0. The number of hydrogen-bond acceptors (Lipinski definition) is 5. The first kappa shape index (κ1) is 25.4. The highest BCUT2D eigenvalue weighted by Gasteiger charge is 2.19. The molecule has 0 aliphatic rings. The third-order valence-corrected chi connectivity index (χ3v) is 8.13. The van der Waals surface area contributed by atoms with Crippen molar-refractivity contribution in [2.45, 2.75) is 71.8 Å². The molecule has 0 aliphatic carbocycles. The molecule has 1 atom stereocenters. The van der Waals surface area contributed by atoms with Crippen molar-refractivity contribution in [2.75, 3.05) is 11.9 Å². The van der Waals surface area contributed by atoms with Crippen LogP contribution in [0.25, 0.3) is 32.6 Å². The van der Waals surface area contributed by atoms with E-state index in [0.29, 0.717) is 6.04 Å². The minimum Gasteiger partial charge on any atom is -0.368 e. The Bertz CT molecular complexity index is 1450. The molecular weight excluding hydrogens is 474 g/mol. The molecule has 2 aromatic carbocycles. The van der Waals surface area contributed by atoms with Crippen LogP contribution in [0.5, 0.6) is 0 Å². The molecule has 1 N–H and O–H groups in total. The highest BCUT2D eigenvalue weighted by atomic mass is 32.1. The van der Waals surface area contributed by atoms with Crippen LogP contribution < -0.4 is 5.32 Å². The number of nitrogens with zero attached hydrogens (tertiary/aromatic N) is 4. The van der Waals surface area contributed by atoms with E-state index in [9.17, 15) is 0 Å². The van der Waals surface area contributed by atoms with Crippen molar-refractivity contribution in [3.8, 4) is 11.4 Å². The maximum atomic E-state index is 5.10. The maximum Gasteiger partial charge on any atom is 0.166 e. The lowest BCUT2D eigenvalue weighted by Gasteiger charge is -2.15. The van der Waals surface area contributed by atoms with E-state index in [1.165, 1.54) is 53.3 Å². The topological polar surface area (TPSA) is 55.6 Å². The molecule has 0 amide bonds. The van der Waals surface area contributed by atoms with E-state index >= 15 is 0 Å². The molecule has 0 fully saturated rings. The Morgan fingerprint density at radius 1 is 0.973 bits per heavy atom. The summed E-state index contributed by atoms with van der Waals surface area (Å²) >= 11 is 1.74. The molecule has 0 spiro atoms. The predicted molar refractivity (Wildman–Crippen MR) is 158 cm³/mol. The quantitative estimate of drug-likeness (QED) is 0.170. The fourth-order valence-corrected chi connectivity index (χ4v) is 5.84. The van der Waals surface area contributed by atoms with Crippen LogP contribution >= 0.6 is 11.3 Å². The molecular formula is C31H37N5S. The predicted octanol–water partition coefficient (Wildman–Crippen LogP) is 8.59. The fraction of sp³-hybridized carbons (Fsp3) is 0.387. The third kappa shape index (κ3) is 5.85. The van der Waals surface area contributed by atoms with Crippen molar-refractivity contribution in [2.24, 2.45) is 0 Å². The van der Waals surface area contributed by atoms with Gasteiger partial charge >= 0.3 is 0 Å². The van der Waals surface area contributed by atoms with E-state index in [0.717, 1.165) is 47.8 Å². The Morgan fingerprint density at radius 3 is 2.62 bits per heavy atom. The number of aromatic nitrogens is 4. The Balaban J connectivity index is 1.45. The van der Waals surface area contributed by atoms with Gasteiger partial charge in [0.25, 0.3) is 0 Å². The number of benzene rings is 2. The minimum absolute atomic E-state index is 0.342. The zero-order chi connectivity index (χ0) is 25.6. The average Bonchev–Trinajstić information content (AvgIpc) is 3.54. The fourth-order valence-electron chi connectivity index (χ4n) is 4.90. The van der Waals surface area contributed by atoms with Crippen LogP contribution in [-0.4, -0.2) is 26.1 Å². The Labute approximate surface area is 224 Å². The van der Waals surface area contributed by atoms with Gasteiger partial charge in [-0.25, -0.2) is 15.0 Å². The summed E-state index contributed by atoms with van der Waals surface area (Å²) in [5.74, 6) is 1.58. The number of hydrogen-bond donors (Lipinski definition) is 1. The molecule has 0 bridgehead atoms. The first-order valence-electron chi connectivity index (χ1n) is 13.6. The van der Waals surface area contributed by atoms with E-state index in [1.54, 1.807) is 11.3 Å². The lowest BCUT2D eigenvalue weighted by Crippen LogP contribution is -2.10. The van der Waals surface area contributed by atoms with E-state index in [-0.39, 0.29) is 0 Å².